The number of benzene rings is 1. The number of thiophene rings is 1. The van der Waals surface area contributed by atoms with Gasteiger partial charge in [-0.25, -0.2) is 4.39 Å². The third kappa shape index (κ3) is 3.20. The Kier molecular flexibility index (Phi) is 4.27. The lowest BCUT2D eigenvalue weighted by molar-refractivity contribution is -0.0585. The first kappa shape index (κ1) is 15.2. The smallest absolute Gasteiger partial charge is 0.264 e. The van der Waals surface area contributed by atoms with Gasteiger partial charge in [0.15, 0.2) is 0 Å². The van der Waals surface area contributed by atoms with E-state index >= 15 is 0 Å². The molecule has 0 saturated carbocycles. The predicted molar refractivity (Wildman–Crippen MR) is 85.6 cm³/mol. The Bertz CT molecular complexity index is 658. The molecular weight excluding hydrogens is 301 g/mol. The zero-order valence-electron chi connectivity index (χ0n) is 12.6. The van der Waals surface area contributed by atoms with Crippen LogP contribution in [-0.4, -0.2) is 36.1 Å². The molecule has 1 fully saturated rings. The molecule has 1 aliphatic rings. The third-order valence-electron chi connectivity index (χ3n) is 3.65. The average molecular weight is 319 g/mol. The predicted octanol–water partition coefficient (Wildman–Crippen LogP) is 3.80. The molecule has 22 heavy (non-hydrogen) atoms. The molecule has 2 unspecified atom stereocenters. The molecule has 5 heteroatoms. The van der Waals surface area contributed by atoms with Gasteiger partial charge >= 0.3 is 0 Å². The molecule has 0 N–H and O–H groups in total. The van der Waals surface area contributed by atoms with Crippen molar-refractivity contribution in [3.8, 4) is 10.4 Å². The number of halogens is 1. The molecule has 1 aromatic carbocycles. The summed E-state index contributed by atoms with van der Waals surface area (Å²) in [6.07, 6.45) is 0.119. The largest absolute Gasteiger partial charge is 0.372 e. The monoisotopic (exact) mass is 319 g/mol. The zero-order valence-corrected chi connectivity index (χ0v) is 13.4. The topological polar surface area (TPSA) is 29.5 Å². The Morgan fingerprint density at radius 3 is 2.41 bits per heavy atom. The molecule has 1 amide bonds. The van der Waals surface area contributed by atoms with E-state index in [9.17, 15) is 9.18 Å². The van der Waals surface area contributed by atoms with Crippen molar-refractivity contribution in [1.82, 2.24) is 4.90 Å². The zero-order chi connectivity index (χ0) is 15.7. The van der Waals surface area contributed by atoms with E-state index in [1.54, 1.807) is 12.1 Å². The summed E-state index contributed by atoms with van der Waals surface area (Å²) in [6, 6.07) is 10.1. The number of ether oxygens (including phenoxy) is 1. The van der Waals surface area contributed by atoms with Crippen molar-refractivity contribution in [2.24, 2.45) is 0 Å². The summed E-state index contributed by atoms with van der Waals surface area (Å²) < 4.78 is 18.6. The second-order valence-electron chi connectivity index (χ2n) is 5.64. The van der Waals surface area contributed by atoms with Gasteiger partial charge in [0.05, 0.1) is 17.1 Å². The van der Waals surface area contributed by atoms with E-state index in [4.69, 9.17) is 4.74 Å². The van der Waals surface area contributed by atoms with Crippen molar-refractivity contribution in [2.45, 2.75) is 26.1 Å². The Morgan fingerprint density at radius 1 is 1.14 bits per heavy atom. The molecule has 0 bridgehead atoms. The van der Waals surface area contributed by atoms with Crippen LogP contribution in [-0.2, 0) is 4.74 Å². The number of hydrogen-bond donors (Lipinski definition) is 0. The van der Waals surface area contributed by atoms with Gasteiger partial charge in [-0.15, -0.1) is 11.3 Å². The van der Waals surface area contributed by atoms with Gasteiger partial charge in [-0.05, 0) is 43.7 Å². The average Bonchev–Trinajstić information content (AvgIpc) is 2.96. The van der Waals surface area contributed by atoms with Crippen molar-refractivity contribution in [2.75, 3.05) is 13.1 Å². The van der Waals surface area contributed by atoms with E-state index in [0.717, 1.165) is 10.4 Å². The van der Waals surface area contributed by atoms with Gasteiger partial charge in [-0.3, -0.25) is 4.79 Å². The summed E-state index contributed by atoms with van der Waals surface area (Å²) >= 11 is 1.44. The van der Waals surface area contributed by atoms with Gasteiger partial charge in [-0.1, -0.05) is 12.1 Å². The van der Waals surface area contributed by atoms with Gasteiger partial charge in [0.2, 0.25) is 0 Å². The molecule has 2 atom stereocenters. The Morgan fingerprint density at radius 2 is 1.77 bits per heavy atom. The molecule has 0 radical (unpaired) electrons. The normalized spacial score (nSPS) is 21.9. The van der Waals surface area contributed by atoms with Crippen LogP contribution in [0.15, 0.2) is 36.4 Å². The van der Waals surface area contributed by atoms with Crippen LogP contribution in [0.4, 0.5) is 4.39 Å². The van der Waals surface area contributed by atoms with Gasteiger partial charge in [-0.2, -0.15) is 0 Å². The lowest BCUT2D eigenvalue weighted by Gasteiger charge is -2.35. The minimum absolute atomic E-state index is 0.0420. The first-order chi connectivity index (χ1) is 10.5. The minimum atomic E-state index is -0.257. The molecule has 1 saturated heterocycles. The minimum Gasteiger partial charge on any atom is -0.372 e. The maximum atomic E-state index is 13.0. The highest BCUT2D eigenvalue weighted by Gasteiger charge is 2.27. The van der Waals surface area contributed by atoms with Crippen molar-refractivity contribution in [1.29, 1.82) is 0 Å². The van der Waals surface area contributed by atoms with Crippen LogP contribution >= 0.6 is 11.3 Å². The van der Waals surface area contributed by atoms with E-state index in [1.807, 2.05) is 30.9 Å². The lowest BCUT2D eigenvalue weighted by atomic mass is 10.2. The van der Waals surface area contributed by atoms with Crippen LogP contribution in [0.25, 0.3) is 10.4 Å². The molecule has 116 valence electrons. The van der Waals surface area contributed by atoms with Gasteiger partial charge < -0.3 is 9.64 Å². The first-order valence-corrected chi connectivity index (χ1v) is 8.15. The summed E-state index contributed by atoms with van der Waals surface area (Å²) in [4.78, 5) is 16.1. The SMILES string of the molecule is CC1CN(C(=O)c2ccc(-c3ccc(F)cc3)s2)CC(C)O1. The Hall–Kier alpha value is -1.72. The highest BCUT2D eigenvalue weighted by atomic mass is 32.1. The van der Waals surface area contributed by atoms with Crippen LogP contribution in [0.3, 0.4) is 0 Å². The fraction of sp³-hybridized carbons (Fsp3) is 0.353. The molecule has 2 heterocycles. The number of rotatable bonds is 2. The number of carbonyl (C=O) groups is 1. The second-order valence-corrected chi connectivity index (χ2v) is 6.72. The van der Waals surface area contributed by atoms with Crippen LogP contribution in [0, 0.1) is 5.82 Å². The quantitative estimate of drug-likeness (QED) is 0.842. The van der Waals surface area contributed by atoms with E-state index in [0.29, 0.717) is 18.0 Å². The molecular formula is C17H18FNO2S. The molecule has 3 rings (SSSR count). The number of carbonyl (C=O) groups excluding carboxylic acids is 1. The fourth-order valence-corrected chi connectivity index (χ4v) is 3.70. The van der Waals surface area contributed by atoms with Crippen molar-refractivity contribution < 1.29 is 13.9 Å². The van der Waals surface area contributed by atoms with E-state index < -0.39 is 0 Å². The van der Waals surface area contributed by atoms with E-state index in [-0.39, 0.29) is 23.9 Å². The highest BCUT2D eigenvalue weighted by Crippen LogP contribution is 2.29. The maximum absolute atomic E-state index is 13.0. The number of hydrogen-bond acceptors (Lipinski definition) is 3. The summed E-state index contributed by atoms with van der Waals surface area (Å²) in [5, 5.41) is 0. The molecule has 1 aliphatic heterocycles. The van der Waals surface area contributed by atoms with E-state index in [1.165, 1.54) is 23.5 Å². The number of amides is 1. The van der Waals surface area contributed by atoms with Crippen molar-refractivity contribution >= 4 is 17.2 Å². The van der Waals surface area contributed by atoms with Crippen molar-refractivity contribution in [3.63, 3.8) is 0 Å². The fourth-order valence-electron chi connectivity index (χ4n) is 2.72. The maximum Gasteiger partial charge on any atom is 0.264 e. The lowest BCUT2D eigenvalue weighted by Crippen LogP contribution is -2.48. The van der Waals surface area contributed by atoms with Gasteiger partial charge in [0, 0.05) is 18.0 Å². The Labute approximate surface area is 133 Å². The number of morpholine rings is 1. The Balaban J connectivity index is 1.78. The van der Waals surface area contributed by atoms with Crippen LogP contribution < -0.4 is 0 Å². The highest BCUT2D eigenvalue weighted by molar-refractivity contribution is 7.17. The summed E-state index contributed by atoms with van der Waals surface area (Å²) in [6.45, 7) is 5.20. The summed E-state index contributed by atoms with van der Waals surface area (Å²) in [7, 11) is 0. The molecule has 1 aromatic heterocycles. The first-order valence-electron chi connectivity index (χ1n) is 7.33. The molecule has 0 aliphatic carbocycles. The molecule has 0 spiro atoms. The molecule has 2 aromatic rings. The van der Waals surface area contributed by atoms with Gasteiger partial charge in [0.25, 0.3) is 5.91 Å². The van der Waals surface area contributed by atoms with Crippen molar-refractivity contribution in [3.05, 3.63) is 47.1 Å². The summed E-state index contributed by atoms with van der Waals surface area (Å²) in [5.41, 5.74) is 0.925. The number of nitrogens with zero attached hydrogens (tertiary/aromatic N) is 1. The van der Waals surface area contributed by atoms with Crippen LogP contribution in [0.2, 0.25) is 0 Å². The van der Waals surface area contributed by atoms with Crippen LogP contribution in [0.5, 0.6) is 0 Å². The van der Waals surface area contributed by atoms with Gasteiger partial charge in [0.1, 0.15) is 5.82 Å². The standard InChI is InChI=1S/C17H18FNO2S/c1-11-9-19(10-12(2)21-11)17(20)16-8-7-15(22-16)13-3-5-14(18)6-4-13/h3-8,11-12H,9-10H2,1-2H3. The molecule has 3 nitrogen and oxygen atoms in total. The second kappa shape index (κ2) is 6.18. The van der Waals surface area contributed by atoms with Crippen LogP contribution in [0.1, 0.15) is 23.5 Å². The summed E-state index contributed by atoms with van der Waals surface area (Å²) in [5.74, 6) is -0.215. The third-order valence-corrected chi connectivity index (χ3v) is 4.77. The van der Waals surface area contributed by atoms with E-state index in [2.05, 4.69) is 0 Å².